The number of nitrogens with zero attached hydrogens (tertiary/aromatic N) is 1. The quantitative estimate of drug-likeness (QED) is 0.827. The minimum absolute atomic E-state index is 0.0299. The molecule has 1 amide bonds. The van der Waals surface area contributed by atoms with Crippen molar-refractivity contribution in [1.82, 2.24) is 5.32 Å². The Balaban J connectivity index is 1.52. The molecule has 0 radical (unpaired) electrons. The van der Waals surface area contributed by atoms with E-state index < -0.39 is 0 Å². The number of carbonyl (C=O) groups is 1. The molecule has 1 atom stereocenters. The molecule has 2 heterocycles. The number of hydrogen-bond donors (Lipinski definition) is 2. The second-order valence-corrected chi connectivity index (χ2v) is 7.96. The van der Waals surface area contributed by atoms with Crippen LogP contribution in [-0.4, -0.2) is 19.0 Å². The summed E-state index contributed by atoms with van der Waals surface area (Å²) in [5, 5.41) is 3.43. The number of piperidine rings is 1. The summed E-state index contributed by atoms with van der Waals surface area (Å²) in [5.41, 5.74) is 7.86. The number of halogens is 1. The number of carbonyl (C=O) groups excluding carboxylic acids is 1. The number of nitrogens with one attached hydrogen (secondary N) is 1. The number of thiophene rings is 1. The number of amides is 1. The van der Waals surface area contributed by atoms with Gasteiger partial charge >= 0.3 is 0 Å². The number of anilines is 1. The Morgan fingerprint density at radius 1 is 1.25 bits per heavy atom. The predicted molar refractivity (Wildman–Crippen MR) is 100 cm³/mol. The highest BCUT2D eigenvalue weighted by molar-refractivity contribution is 7.16. The molecule has 1 aromatic heterocycles. The molecule has 1 aliphatic rings. The van der Waals surface area contributed by atoms with Crippen molar-refractivity contribution < 1.29 is 4.79 Å². The van der Waals surface area contributed by atoms with Crippen LogP contribution in [0.3, 0.4) is 0 Å². The van der Waals surface area contributed by atoms with Crippen LogP contribution in [0.15, 0.2) is 36.4 Å². The van der Waals surface area contributed by atoms with Gasteiger partial charge in [-0.1, -0.05) is 23.7 Å². The first-order chi connectivity index (χ1) is 11.6. The van der Waals surface area contributed by atoms with Crippen molar-refractivity contribution in [3.05, 3.63) is 51.2 Å². The summed E-state index contributed by atoms with van der Waals surface area (Å²) in [7, 11) is 0. The van der Waals surface area contributed by atoms with Gasteiger partial charge in [-0.2, -0.15) is 0 Å². The highest BCUT2D eigenvalue weighted by atomic mass is 35.5. The van der Waals surface area contributed by atoms with Crippen LogP contribution in [0.25, 0.3) is 0 Å². The summed E-state index contributed by atoms with van der Waals surface area (Å²) in [5.74, 6) is -0.216. The minimum atomic E-state index is -0.186. The van der Waals surface area contributed by atoms with E-state index in [9.17, 15) is 4.79 Å². The van der Waals surface area contributed by atoms with E-state index in [1.54, 1.807) is 11.3 Å². The second kappa shape index (κ2) is 8.01. The number of rotatable bonds is 6. The predicted octanol–water partition coefficient (Wildman–Crippen LogP) is 3.39. The van der Waals surface area contributed by atoms with E-state index >= 15 is 0 Å². The minimum Gasteiger partial charge on any atom is -0.371 e. The lowest BCUT2D eigenvalue weighted by Crippen LogP contribution is -2.41. The van der Waals surface area contributed by atoms with Crippen LogP contribution in [0.5, 0.6) is 0 Å². The molecular weight excluding hydrogens is 342 g/mol. The van der Waals surface area contributed by atoms with E-state index in [1.807, 2.05) is 6.07 Å². The number of nitrogens with two attached hydrogens (primary N) is 1. The van der Waals surface area contributed by atoms with Crippen molar-refractivity contribution >= 4 is 34.5 Å². The number of hydrogen-bond acceptors (Lipinski definition) is 4. The Kier molecular flexibility index (Phi) is 5.76. The molecular formula is C18H22ClN3OS. The van der Waals surface area contributed by atoms with Gasteiger partial charge in [0.25, 0.3) is 0 Å². The van der Waals surface area contributed by atoms with Crippen LogP contribution >= 0.6 is 22.9 Å². The zero-order valence-electron chi connectivity index (χ0n) is 13.5. The fourth-order valence-electron chi connectivity index (χ4n) is 3.05. The van der Waals surface area contributed by atoms with Crippen molar-refractivity contribution in [3.8, 4) is 0 Å². The molecule has 1 unspecified atom stereocenters. The smallest absolute Gasteiger partial charge is 0.222 e. The SMILES string of the molecule is NC(=O)C1CCCN(c2ccc(CNCc3ccc(Cl)s3)cc2)C1. The lowest BCUT2D eigenvalue weighted by molar-refractivity contribution is -0.122. The van der Waals surface area contributed by atoms with Gasteiger partial charge in [0.05, 0.1) is 10.3 Å². The summed E-state index contributed by atoms with van der Waals surface area (Å²) < 4.78 is 0.826. The van der Waals surface area contributed by atoms with E-state index in [2.05, 4.69) is 40.5 Å². The maximum absolute atomic E-state index is 11.4. The van der Waals surface area contributed by atoms with Crippen LogP contribution in [0.4, 0.5) is 5.69 Å². The first kappa shape index (κ1) is 17.3. The van der Waals surface area contributed by atoms with Gasteiger partial charge in [-0.3, -0.25) is 4.79 Å². The standard InChI is InChI=1S/C18H22ClN3OS/c19-17-8-7-16(24-17)11-21-10-13-3-5-15(6-4-13)22-9-1-2-14(12-22)18(20)23/h3-8,14,21H,1-2,9-12H2,(H2,20,23). The van der Waals surface area contributed by atoms with Gasteiger partial charge in [0, 0.05) is 36.7 Å². The van der Waals surface area contributed by atoms with Gasteiger partial charge in [-0.25, -0.2) is 0 Å². The van der Waals surface area contributed by atoms with Gasteiger partial charge in [-0.15, -0.1) is 11.3 Å². The third-order valence-electron chi connectivity index (χ3n) is 4.38. The van der Waals surface area contributed by atoms with Gasteiger partial charge in [-0.05, 0) is 42.7 Å². The van der Waals surface area contributed by atoms with E-state index in [0.717, 1.165) is 49.0 Å². The Morgan fingerprint density at radius 2 is 2.04 bits per heavy atom. The van der Waals surface area contributed by atoms with Crippen molar-refractivity contribution in [3.63, 3.8) is 0 Å². The third-order valence-corrected chi connectivity index (χ3v) is 5.61. The first-order valence-corrected chi connectivity index (χ1v) is 9.39. The summed E-state index contributed by atoms with van der Waals surface area (Å²) in [6.07, 6.45) is 1.92. The van der Waals surface area contributed by atoms with Crippen LogP contribution < -0.4 is 16.0 Å². The average molecular weight is 364 g/mol. The number of benzene rings is 1. The Bertz CT molecular complexity index is 686. The monoisotopic (exact) mass is 363 g/mol. The molecule has 0 saturated carbocycles. The van der Waals surface area contributed by atoms with Crippen molar-refractivity contribution in [2.75, 3.05) is 18.0 Å². The van der Waals surface area contributed by atoms with Crippen LogP contribution in [0.1, 0.15) is 23.3 Å². The molecule has 2 aromatic rings. The van der Waals surface area contributed by atoms with Crippen molar-refractivity contribution in [1.29, 1.82) is 0 Å². The normalized spacial score (nSPS) is 17.9. The van der Waals surface area contributed by atoms with Crippen LogP contribution in [-0.2, 0) is 17.9 Å². The van der Waals surface area contributed by atoms with E-state index in [4.69, 9.17) is 17.3 Å². The largest absolute Gasteiger partial charge is 0.371 e. The fourth-order valence-corrected chi connectivity index (χ4v) is 4.10. The second-order valence-electron chi connectivity index (χ2n) is 6.16. The first-order valence-electron chi connectivity index (χ1n) is 8.20. The Hall–Kier alpha value is -1.56. The van der Waals surface area contributed by atoms with Gasteiger partial charge < -0.3 is 16.0 Å². The highest BCUT2D eigenvalue weighted by Crippen LogP contribution is 2.24. The van der Waals surface area contributed by atoms with Crippen LogP contribution in [0, 0.1) is 5.92 Å². The molecule has 0 spiro atoms. The number of primary amides is 1. The zero-order chi connectivity index (χ0) is 16.9. The van der Waals surface area contributed by atoms with E-state index in [0.29, 0.717) is 0 Å². The molecule has 1 aliphatic heterocycles. The summed E-state index contributed by atoms with van der Waals surface area (Å²) in [6.45, 7) is 3.36. The molecule has 1 fully saturated rings. The molecule has 6 heteroatoms. The van der Waals surface area contributed by atoms with Gasteiger partial charge in [0.2, 0.25) is 5.91 Å². The zero-order valence-corrected chi connectivity index (χ0v) is 15.1. The third kappa shape index (κ3) is 4.50. The molecule has 3 N–H and O–H groups in total. The Labute approximate surface area is 151 Å². The Morgan fingerprint density at radius 3 is 2.71 bits per heavy atom. The summed E-state index contributed by atoms with van der Waals surface area (Å²) >= 11 is 7.54. The fraction of sp³-hybridized carbons (Fsp3) is 0.389. The molecule has 1 aromatic carbocycles. The molecule has 128 valence electrons. The molecule has 0 bridgehead atoms. The molecule has 4 nitrogen and oxygen atoms in total. The highest BCUT2D eigenvalue weighted by Gasteiger charge is 2.23. The topological polar surface area (TPSA) is 58.4 Å². The average Bonchev–Trinajstić information content (AvgIpc) is 3.01. The molecule has 1 saturated heterocycles. The summed E-state index contributed by atoms with van der Waals surface area (Å²) in [6, 6.07) is 12.5. The lowest BCUT2D eigenvalue weighted by atomic mass is 9.97. The van der Waals surface area contributed by atoms with Gasteiger partial charge in [0.1, 0.15) is 0 Å². The lowest BCUT2D eigenvalue weighted by Gasteiger charge is -2.33. The maximum Gasteiger partial charge on any atom is 0.222 e. The molecule has 3 rings (SSSR count). The molecule has 0 aliphatic carbocycles. The van der Waals surface area contributed by atoms with Gasteiger partial charge in [0.15, 0.2) is 0 Å². The van der Waals surface area contributed by atoms with Crippen LogP contribution in [0.2, 0.25) is 4.34 Å². The van der Waals surface area contributed by atoms with Crippen molar-refractivity contribution in [2.45, 2.75) is 25.9 Å². The van der Waals surface area contributed by atoms with E-state index in [1.165, 1.54) is 10.4 Å². The summed E-state index contributed by atoms with van der Waals surface area (Å²) in [4.78, 5) is 14.9. The van der Waals surface area contributed by atoms with E-state index in [-0.39, 0.29) is 11.8 Å². The van der Waals surface area contributed by atoms with Crippen molar-refractivity contribution in [2.24, 2.45) is 11.7 Å². The maximum atomic E-state index is 11.4. The molecule has 24 heavy (non-hydrogen) atoms.